The van der Waals surface area contributed by atoms with Gasteiger partial charge in [0.25, 0.3) is 5.56 Å². The third kappa shape index (κ3) is 4.61. The average molecular weight is 491 g/mol. The van der Waals surface area contributed by atoms with Gasteiger partial charge in [0.2, 0.25) is 5.03 Å². The number of hydrogen-bond acceptors (Lipinski definition) is 9. The topological polar surface area (TPSA) is 134 Å². The van der Waals surface area contributed by atoms with E-state index in [2.05, 4.69) is 30.2 Å². The molecule has 4 heterocycles. The fraction of sp³-hybridized carbons (Fsp3) is 0.375. The van der Waals surface area contributed by atoms with Crippen molar-refractivity contribution in [2.45, 2.75) is 57.1 Å². The van der Waals surface area contributed by atoms with E-state index >= 15 is 0 Å². The van der Waals surface area contributed by atoms with Crippen LogP contribution in [0, 0.1) is 6.92 Å². The van der Waals surface area contributed by atoms with Gasteiger partial charge >= 0.3 is 0 Å². The van der Waals surface area contributed by atoms with E-state index in [1.165, 1.54) is 0 Å². The Balaban J connectivity index is 1.53. The van der Waals surface area contributed by atoms with Crippen LogP contribution in [0.15, 0.2) is 40.7 Å². The molecule has 10 nitrogen and oxygen atoms in total. The molecule has 35 heavy (non-hydrogen) atoms. The largest absolute Gasteiger partial charge is 0.610 e. The second-order valence-electron chi connectivity index (χ2n) is 8.94. The maximum Gasteiger partial charge on any atom is 0.295 e. The monoisotopic (exact) mass is 490 g/mol. The van der Waals surface area contributed by atoms with Gasteiger partial charge in [0.1, 0.15) is 18.1 Å². The van der Waals surface area contributed by atoms with Gasteiger partial charge in [-0.15, -0.1) is 0 Å². The molecular weight excluding hydrogens is 464 g/mol. The molecule has 1 N–H and O–H groups in total. The zero-order valence-corrected chi connectivity index (χ0v) is 20.8. The molecule has 11 heteroatoms. The summed E-state index contributed by atoms with van der Waals surface area (Å²) in [5.41, 5.74) is 4.19. The Morgan fingerprint density at radius 1 is 1.14 bits per heavy atom. The van der Waals surface area contributed by atoms with Crippen molar-refractivity contribution in [3.8, 4) is 11.4 Å². The summed E-state index contributed by atoms with van der Waals surface area (Å²) in [6.07, 6.45) is 8.65. The summed E-state index contributed by atoms with van der Waals surface area (Å²) < 4.78 is 13.2. The smallest absolute Gasteiger partial charge is 0.295 e. The highest BCUT2D eigenvalue weighted by atomic mass is 32.2. The lowest BCUT2D eigenvalue weighted by atomic mass is 10.1. The van der Waals surface area contributed by atoms with Crippen LogP contribution in [0.2, 0.25) is 0 Å². The zero-order chi connectivity index (χ0) is 24.7. The molecule has 1 atom stereocenters. The molecule has 4 aromatic rings. The highest BCUT2D eigenvalue weighted by Gasteiger charge is 2.30. The van der Waals surface area contributed by atoms with Gasteiger partial charge in [0.15, 0.2) is 17.3 Å². The van der Waals surface area contributed by atoms with Crippen LogP contribution in [0.3, 0.4) is 0 Å². The van der Waals surface area contributed by atoms with Crippen LogP contribution in [0.5, 0.6) is 0 Å². The van der Waals surface area contributed by atoms with E-state index in [1.54, 1.807) is 35.6 Å². The first kappa shape index (κ1) is 23.3. The van der Waals surface area contributed by atoms with Crippen LogP contribution in [0.4, 0.5) is 5.82 Å². The first-order chi connectivity index (χ1) is 16.8. The molecule has 0 spiro atoms. The maximum atomic E-state index is 13.4. The van der Waals surface area contributed by atoms with Crippen LogP contribution in [0.1, 0.15) is 55.6 Å². The molecule has 1 fully saturated rings. The van der Waals surface area contributed by atoms with Crippen molar-refractivity contribution in [3.05, 3.63) is 58.2 Å². The van der Waals surface area contributed by atoms with Gasteiger partial charge in [-0.25, -0.2) is 29.9 Å². The van der Waals surface area contributed by atoms with Crippen molar-refractivity contribution in [1.29, 1.82) is 0 Å². The molecule has 0 saturated heterocycles. The number of fused-ring (bicyclic) bond motifs is 1. The van der Waals surface area contributed by atoms with Crippen molar-refractivity contribution in [3.63, 3.8) is 0 Å². The van der Waals surface area contributed by atoms with Gasteiger partial charge in [-0.05, 0) is 45.2 Å². The van der Waals surface area contributed by atoms with Gasteiger partial charge < -0.3 is 9.87 Å². The van der Waals surface area contributed by atoms with Gasteiger partial charge in [-0.1, -0.05) is 0 Å². The number of hydrogen-bond donors (Lipinski definition) is 1. The zero-order valence-electron chi connectivity index (χ0n) is 20.0. The molecule has 5 rings (SSSR count). The molecular formula is C24H26N8O2S. The summed E-state index contributed by atoms with van der Waals surface area (Å²) in [7, 11) is 0. The lowest BCUT2D eigenvalue weighted by Gasteiger charge is -2.16. The van der Waals surface area contributed by atoms with E-state index in [9.17, 15) is 9.35 Å². The molecule has 0 amide bonds. The quantitative estimate of drug-likeness (QED) is 0.388. The lowest BCUT2D eigenvalue weighted by molar-refractivity contribution is 0.593. The maximum absolute atomic E-state index is 13.4. The predicted octanol–water partition coefficient (Wildman–Crippen LogP) is 3.15. The summed E-state index contributed by atoms with van der Waals surface area (Å²) >= 11 is -1.14. The van der Waals surface area contributed by atoms with Crippen LogP contribution >= 0.6 is 0 Å². The molecule has 1 aliphatic carbocycles. The van der Waals surface area contributed by atoms with E-state index in [4.69, 9.17) is 4.98 Å². The Kier molecular flexibility index (Phi) is 6.20. The fourth-order valence-electron chi connectivity index (χ4n) is 4.02. The number of nitrogens with one attached hydrogen (secondary N) is 1. The fourth-order valence-corrected chi connectivity index (χ4v) is 4.48. The molecule has 0 radical (unpaired) electrons. The highest BCUT2D eigenvalue weighted by Crippen LogP contribution is 2.43. The van der Waals surface area contributed by atoms with Crippen LogP contribution < -0.4 is 10.9 Å². The number of anilines is 1. The lowest BCUT2D eigenvalue weighted by Crippen LogP contribution is -2.27. The average Bonchev–Trinajstić information content (AvgIpc) is 3.68. The van der Waals surface area contributed by atoms with E-state index in [0.717, 1.165) is 35.4 Å². The van der Waals surface area contributed by atoms with E-state index in [0.29, 0.717) is 34.5 Å². The van der Waals surface area contributed by atoms with Gasteiger partial charge in [0.05, 0.1) is 23.1 Å². The summed E-state index contributed by atoms with van der Waals surface area (Å²) in [5.74, 6) is 1.13. The minimum Gasteiger partial charge on any atom is -0.610 e. The van der Waals surface area contributed by atoms with Gasteiger partial charge in [-0.2, -0.15) is 0 Å². The first-order valence-corrected chi connectivity index (χ1v) is 13.0. The first-order valence-electron chi connectivity index (χ1n) is 11.5. The van der Waals surface area contributed by atoms with Gasteiger partial charge in [-0.3, -0.25) is 9.36 Å². The molecule has 0 aliphatic heterocycles. The Bertz CT molecular complexity index is 1450. The summed E-state index contributed by atoms with van der Waals surface area (Å²) in [5, 5.41) is 3.63. The molecule has 180 valence electrons. The Labute approximate surface area is 205 Å². The number of pyridine rings is 1. The van der Waals surface area contributed by atoms with Crippen molar-refractivity contribution in [2.24, 2.45) is 0 Å². The second-order valence-corrected chi connectivity index (χ2v) is 10.3. The molecule has 4 aromatic heterocycles. The number of aryl methyl sites for hydroxylation is 1. The van der Waals surface area contributed by atoms with Crippen LogP contribution in [0.25, 0.3) is 22.6 Å². The Morgan fingerprint density at radius 3 is 2.60 bits per heavy atom. The molecule has 1 aliphatic rings. The van der Waals surface area contributed by atoms with Gasteiger partial charge in [0, 0.05) is 41.9 Å². The molecule has 1 saturated carbocycles. The van der Waals surface area contributed by atoms with Crippen molar-refractivity contribution < 1.29 is 4.55 Å². The number of rotatable bonds is 7. The van der Waals surface area contributed by atoms with Crippen LogP contribution in [-0.4, -0.2) is 45.3 Å². The standard InChI is InChI=1S/C24H26N8O2S/c1-13(2)32-23-17(11-27-21(31-23)19-14(3)28-12-29-20(19)16-6-7-16)30-22(24(32)33)26-10-15-5-8-18(25-9-15)35(4)34/h5,8-9,11-13,16H,6-7,10H2,1-4H3,(H,26,30). The third-order valence-corrected chi connectivity index (χ3v) is 6.78. The van der Waals surface area contributed by atoms with Crippen molar-refractivity contribution in [2.75, 3.05) is 11.6 Å². The molecule has 0 aromatic carbocycles. The Morgan fingerprint density at radius 2 is 1.94 bits per heavy atom. The summed E-state index contributed by atoms with van der Waals surface area (Å²) in [6, 6.07) is 3.40. The third-order valence-electron chi connectivity index (χ3n) is 5.95. The van der Waals surface area contributed by atoms with Crippen molar-refractivity contribution >= 4 is 28.2 Å². The number of aromatic nitrogens is 7. The van der Waals surface area contributed by atoms with E-state index < -0.39 is 11.2 Å². The second kappa shape index (κ2) is 9.31. The van der Waals surface area contributed by atoms with E-state index in [-0.39, 0.29) is 17.4 Å². The minimum absolute atomic E-state index is 0.146. The molecule has 0 bridgehead atoms. The summed E-state index contributed by atoms with van der Waals surface area (Å²) in [6.45, 7) is 6.15. The van der Waals surface area contributed by atoms with E-state index in [1.807, 2.05) is 26.8 Å². The normalized spacial score (nSPS) is 14.5. The predicted molar refractivity (Wildman–Crippen MR) is 134 cm³/mol. The van der Waals surface area contributed by atoms with Crippen LogP contribution in [-0.2, 0) is 17.7 Å². The SMILES string of the molecule is Cc1ncnc(C2CC2)c1-c1ncc2nc(NCc3ccc([S+](C)[O-])nc3)c(=O)n(C(C)C)c2n1. The van der Waals surface area contributed by atoms with Crippen molar-refractivity contribution in [1.82, 2.24) is 34.5 Å². The minimum atomic E-state index is -1.14. The number of nitrogens with zero attached hydrogens (tertiary/aromatic N) is 7. The Hall–Kier alpha value is -3.44. The molecule has 1 unspecified atom stereocenters. The summed E-state index contributed by atoms with van der Waals surface area (Å²) in [4.78, 5) is 40.4. The highest BCUT2D eigenvalue weighted by molar-refractivity contribution is 7.90.